The molecule has 7 heteroatoms. The number of carbonyl (C=O) groups excluding carboxylic acids is 2. The first-order valence-electron chi connectivity index (χ1n) is 11.4. The molecule has 0 bridgehead atoms. The Morgan fingerprint density at radius 2 is 1.74 bits per heavy atom. The van der Waals surface area contributed by atoms with E-state index in [2.05, 4.69) is 0 Å². The number of aryl methyl sites for hydroxylation is 1. The third kappa shape index (κ3) is 4.10. The smallest absolute Gasteiger partial charge is 0.300 e. The number of amides is 1. The zero-order valence-corrected chi connectivity index (χ0v) is 19.6. The molecule has 0 saturated carbocycles. The lowest BCUT2D eigenvalue weighted by Crippen LogP contribution is -2.29. The maximum Gasteiger partial charge on any atom is 0.300 e. The van der Waals surface area contributed by atoms with E-state index >= 15 is 0 Å². The van der Waals surface area contributed by atoms with Crippen LogP contribution in [0.3, 0.4) is 0 Å². The second kappa shape index (κ2) is 8.83. The van der Waals surface area contributed by atoms with Gasteiger partial charge >= 0.3 is 0 Å². The molecule has 1 amide bonds. The number of ether oxygens (including phenoxy) is 3. The van der Waals surface area contributed by atoms with Crippen LogP contribution in [0.5, 0.6) is 17.2 Å². The summed E-state index contributed by atoms with van der Waals surface area (Å²) >= 11 is 0. The minimum absolute atomic E-state index is 0.00259. The minimum Gasteiger partial charge on any atom is -0.507 e. The molecule has 2 heterocycles. The second-order valence-electron chi connectivity index (χ2n) is 8.81. The lowest BCUT2D eigenvalue weighted by atomic mass is 9.94. The lowest BCUT2D eigenvalue weighted by Gasteiger charge is -2.26. The molecule has 1 unspecified atom stereocenters. The number of benzene rings is 3. The van der Waals surface area contributed by atoms with Crippen molar-refractivity contribution in [3.63, 3.8) is 0 Å². The Balaban J connectivity index is 1.64. The normalized spacial score (nSPS) is 18.4. The Kier molecular flexibility index (Phi) is 5.68. The van der Waals surface area contributed by atoms with Crippen LogP contribution in [0.4, 0.5) is 5.69 Å². The first kappa shape index (κ1) is 22.5. The predicted octanol–water partition coefficient (Wildman–Crippen LogP) is 5.14. The maximum absolute atomic E-state index is 13.3. The molecule has 0 aliphatic carbocycles. The van der Waals surface area contributed by atoms with E-state index < -0.39 is 17.7 Å². The molecule has 2 aliphatic rings. The lowest BCUT2D eigenvalue weighted by molar-refractivity contribution is -0.132. The number of ketones is 1. The highest BCUT2D eigenvalue weighted by molar-refractivity contribution is 6.51. The van der Waals surface area contributed by atoms with Gasteiger partial charge in [-0.15, -0.1) is 0 Å². The Labute approximate surface area is 203 Å². The van der Waals surface area contributed by atoms with Crippen molar-refractivity contribution >= 4 is 23.1 Å². The number of aliphatic hydroxyl groups excluding tert-OH is 1. The van der Waals surface area contributed by atoms with Crippen LogP contribution in [0.25, 0.3) is 5.76 Å². The van der Waals surface area contributed by atoms with Gasteiger partial charge in [-0.2, -0.15) is 0 Å². The molecule has 1 fully saturated rings. The minimum atomic E-state index is -0.818. The molecule has 1 saturated heterocycles. The summed E-state index contributed by atoms with van der Waals surface area (Å²) in [5, 5.41) is 11.3. The van der Waals surface area contributed by atoms with Gasteiger partial charge in [0.05, 0.1) is 17.7 Å². The largest absolute Gasteiger partial charge is 0.507 e. The first-order chi connectivity index (χ1) is 16.8. The summed E-state index contributed by atoms with van der Waals surface area (Å²) in [4.78, 5) is 28.1. The molecule has 1 atom stereocenters. The number of anilines is 1. The van der Waals surface area contributed by atoms with E-state index in [0.717, 1.165) is 5.56 Å². The van der Waals surface area contributed by atoms with E-state index in [0.29, 0.717) is 34.1 Å². The van der Waals surface area contributed by atoms with Crippen LogP contribution in [0, 0.1) is 6.92 Å². The molecule has 7 nitrogen and oxygen atoms in total. The van der Waals surface area contributed by atoms with Gasteiger partial charge in [-0.3, -0.25) is 14.5 Å². The summed E-state index contributed by atoms with van der Waals surface area (Å²) in [6.45, 7) is 5.87. The number of rotatable bonds is 5. The van der Waals surface area contributed by atoms with Gasteiger partial charge in [0, 0.05) is 17.3 Å². The average molecular weight is 472 g/mol. The van der Waals surface area contributed by atoms with Crippen LogP contribution in [0.15, 0.2) is 72.3 Å². The van der Waals surface area contributed by atoms with Crippen molar-refractivity contribution in [3.8, 4) is 17.2 Å². The Morgan fingerprint density at radius 1 is 1.00 bits per heavy atom. The molecular formula is C28H25NO6. The third-order valence-corrected chi connectivity index (χ3v) is 5.94. The van der Waals surface area contributed by atoms with Gasteiger partial charge in [-0.1, -0.05) is 29.8 Å². The van der Waals surface area contributed by atoms with Gasteiger partial charge in [0.25, 0.3) is 11.7 Å². The molecule has 3 aromatic carbocycles. The van der Waals surface area contributed by atoms with Gasteiger partial charge in [0.2, 0.25) is 6.79 Å². The highest BCUT2D eigenvalue weighted by atomic mass is 16.7. The highest BCUT2D eigenvalue weighted by Crippen LogP contribution is 2.45. The van der Waals surface area contributed by atoms with E-state index in [1.54, 1.807) is 42.5 Å². The first-order valence-corrected chi connectivity index (χ1v) is 11.4. The Hall–Kier alpha value is -4.26. The third-order valence-electron chi connectivity index (χ3n) is 5.94. The number of hydrogen-bond donors (Lipinski definition) is 1. The van der Waals surface area contributed by atoms with Crippen LogP contribution in [-0.2, 0) is 9.59 Å². The summed E-state index contributed by atoms with van der Waals surface area (Å²) < 4.78 is 16.6. The van der Waals surface area contributed by atoms with Crippen LogP contribution < -0.4 is 19.1 Å². The highest BCUT2D eigenvalue weighted by Gasteiger charge is 2.47. The molecule has 0 aromatic heterocycles. The van der Waals surface area contributed by atoms with Crippen molar-refractivity contribution in [2.75, 3.05) is 11.7 Å². The van der Waals surface area contributed by atoms with Crippen molar-refractivity contribution in [2.45, 2.75) is 32.9 Å². The van der Waals surface area contributed by atoms with E-state index in [9.17, 15) is 14.7 Å². The second-order valence-corrected chi connectivity index (χ2v) is 8.81. The number of hydrogen-bond acceptors (Lipinski definition) is 6. The van der Waals surface area contributed by atoms with Crippen LogP contribution in [-0.4, -0.2) is 29.7 Å². The van der Waals surface area contributed by atoms with Crippen molar-refractivity contribution in [1.82, 2.24) is 0 Å². The van der Waals surface area contributed by atoms with Crippen LogP contribution >= 0.6 is 0 Å². The SMILES string of the molecule is Cc1cccc(C2/C(=C(\O)c3ccc(OC(C)C)cc3)C(=O)C(=O)N2c2ccc3c(c2)OCO3)c1. The van der Waals surface area contributed by atoms with E-state index in [-0.39, 0.29) is 24.2 Å². The number of carbonyl (C=O) groups is 2. The number of fused-ring (bicyclic) bond motifs is 1. The monoisotopic (exact) mass is 471 g/mol. The van der Waals surface area contributed by atoms with Gasteiger partial charge in [-0.25, -0.2) is 0 Å². The van der Waals surface area contributed by atoms with Gasteiger partial charge in [0.1, 0.15) is 11.5 Å². The van der Waals surface area contributed by atoms with Gasteiger partial charge in [0.15, 0.2) is 11.5 Å². The Morgan fingerprint density at radius 3 is 2.46 bits per heavy atom. The number of nitrogens with zero attached hydrogens (tertiary/aromatic N) is 1. The summed E-state index contributed by atoms with van der Waals surface area (Å²) in [5.41, 5.74) is 2.60. The van der Waals surface area contributed by atoms with E-state index in [1.165, 1.54) is 4.90 Å². The fourth-order valence-electron chi connectivity index (χ4n) is 4.41. The van der Waals surface area contributed by atoms with E-state index in [1.807, 2.05) is 45.0 Å². The van der Waals surface area contributed by atoms with Gasteiger partial charge in [-0.05, 0) is 62.7 Å². The summed E-state index contributed by atoms with van der Waals surface area (Å²) in [5.74, 6) is -0.0121. The van der Waals surface area contributed by atoms with Crippen LogP contribution in [0.1, 0.15) is 36.6 Å². The molecule has 2 aliphatic heterocycles. The zero-order valence-electron chi connectivity index (χ0n) is 19.6. The maximum atomic E-state index is 13.3. The van der Waals surface area contributed by atoms with Crippen LogP contribution in [0.2, 0.25) is 0 Å². The van der Waals surface area contributed by atoms with Crippen molar-refractivity contribution in [2.24, 2.45) is 0 Å². The number of aliphatic hydroxyl groups is 1. The Bertz CT molecular complexity index is 1340. The topological polar surface area (TPSA) is 85.3 Å². The quantitative estimate of drug-likeness (QED) is 0.315. The fourth-order valence-corrected chi connectivity index (χ4v) is 4.41. The zero-order chi connectivity index (χ0) is 24.7. The fraction of sp³-hybridized carbons (Fsp3) is 0.214. The molecule has 35 heavy (non-hydrogen) atoms. The van der Waals surface area contributed by atoms with E-state index in [4.69, 9.17) is 14.2 Å². The van der Waals surface area contributed by atoms with Crippen molar-refractivity contribution in [3.05, 3.63) is 89.0 Å². The van der Waals surface area contributed by atoms with Gasteiger partial charge < -0.3 is 19.3 Å². The summed E-state index contributed by atoms with van der Waals surface area (Å²) in [6.07, 6.45) is 0.00259. The molecule has 178 valence electrons. The molecule has 1 N–H and O–H groups in total. The molecule has 5 rings (SSSR count). The molecule has 3 aromatic rings. The summed E-state index contributed by atoms with van der Waals surface area (Å²) in [7, 11) is 0. The number of Topliss-reactive ketones (excluding diaryl/α,β-unsaturated/α-hetero) is 1. The standard InChI is InChI=1S/C28H25NO6/c1-16(2)35-21-10-7-18(8-11-21)26(30)24-25(19-6-4-5-17(3)13-19)29(28(32)27(24)31)20-9-12-22-23(14-20)34-15-33-22/h4-14,16,25,30H,15H2,1-3H3/b26-24+. The molecule has 0 spiro atoms. The molecular weight excluding hydrogens is 446 g/mol. The van der Waals surface area contributed by atoms with Crippen molar-refractivity contribution in [1.29, 1.82) is 0 Å². The predicted molar refractivity (Wildman–Crippen MR) is 131 cm³/mol. The average Bonchev–Trinajstić information content (AvgIpc) is 3.40. The summed E-state index contributed by atoms with van der Waals surface area (Å²) in [6, 6.07) is 18.6. The molecule has 0 radical (unpaired) electrons. The van der Waals surface area contributed by atoms with Crippen molar-refractivity contribution < 1.29 is 28.9 Å².